The fourth-order valence-corrected chi connectivity index (χ4v) is 8.09. The summed E-state index contributed by atoms with van der Waals surface area (Å²) >= 11 is 0. The Balaban J connectivity index is 2.36. The van der Waals surface area contributed by atoms with E-state index in [4.69, 9.17) is 4.74 Å². The second-order valence-electron chi connectivity index (χ2n) is 8.06. The molecule has 3 aromatic rings. The molecule has 0 bridgehead atoms. The number of nitrogens with zero attached hydrogens (tertiary/aromatic N) is 1. The number of unbranched alkanes of at least 4 members (excludes halogenated alkanes) is 1. The van der Waals surface area contributed by atoms with Gasteiger partial charge < -0.3 is 4.79 Å². The first kappa shape index (κ1) is 23.2. The van der Waals surface area contributed by atoms with Gasteiger partial charge in [0.25, 0.3) is 0 Å². The van der Waals surface area contributed by atoms with Gasteiger partial charge in [0.1, 0.15) is 6.29 Å². The van der Waals surface area contributed by atoms with Crippen molar-refractivity contribution >= 4 is 29.3 Å². The van der Waals surface area contributed by atoms with E-state index < -0.39 is 7.05 Å². The monoisotopic (exact) mass is 431 g/mol. The minimum absolute atomic E-state index is 0.0198. The van der Waals surface area contributed by atoms with Crippen LogP contribution in [0.5, 0.6) is 0 Å². The lowest BCUT2D eigenvalue weighted by atomic mass is 9.93. The quantitative estimate of drug-likeness (QED) is 0.257. The summed E-state index contributed by atoms with van der Waals surface area (Å²) in [5.74, 6) is -0.0351. The zero-order valence-corrected chi connectivity index (χ0v) is 19.6. The summed E-state index contributed by atoms with van der Waals surface area (Å²) in [6, 6.07) is 32.1. The van der Waals surface area contributed by atoms with E-state index in [1.165, 1.54) is 15.9 Å². The predicted octanol–water partition coefficient (Wildman–Crippen LogP) is 6.34. The molecule has 2 atom stereocenters. The molecule has 3 rings (SSSR count). The molecule has 0 aliphatic rings. The molecule has 3 heteroatoms. The van der Waals surface area contributed by atoms with Crippen LogP contribution in [-0.4, -0.2) is 12.3 Å². The van der Waals surface area contributed by atoms with Crippen molar-refractivity contribution < 1.29 is 4.79 Å². The molecule has 0 aliphatic heterocycles. The molecule has 2 nitrogen and oxygen atoms in total. The van der Waals surface area contributed by atoms with Gasteiger partial charge in [-0.2, -0.15) is 0 Å². The van der Waals surface area contributed by atoms with Gasteiger partial charge in [0.2, 0.25) is 0 Å². The van der Waals surface area contributed by atoms with Gasteiger partial charge in [-0.1, -0.05) is 124 Å². The second kappa shape index (κ2) is 11.8. The van der Waals surface area contributed by atoms with Crippen LogP contribution >= 0.6 is 7.05 Å². The SMILES string of the molecule is CCCCC(N=P(c1ccccc1)(c1ccccc1)c1ccccc1)C(C=O)CCC. The van der Waals surface area contributed by atoms with Crippen molar-refractivity contribution in [3.05, 3.63) is 91.0 Å². The lowest BCUT2D eigenvalue weighted by Crippen LogP contribution is -2.29. The van der Waals surface area contributed by atoms with E-state index >= 15 is 0 Å². The van der Waals surface area contributed by atoms with Crippen molar-refractivity contribution in [2.75, 3.05) is 0 Å². The standard InChI is InChI=1S/C28H34NOP/c1-3-5-22-28(24(23-30)15-4-2)29-31(25-16-9-6-10-17-25,26-18-11-7-12-19-26)27-20-13-8-14-21-27/h6-14,16-21,23-24,28H,3-5,15,22H2,1-2H3. The zero-order chi connectivity index (χ0) is 21.9. The van der Waals surface area contributed by atoms with Crippen LogP contribution in [0.2, 0.25) is 0 Å². The highest BCUT2D eigenvalue weighted by Crippen LogP contribution is 2.48. The predicted molar refractivity (Wildman–Crippen MR) is 135 cm³/mol. The largest absolute Gasteiger partial charge is 0.303 e. The van der Waals surface area contributed by atoms with E-state index in [-0.39, 0.29) is 12.0 Å². The number of aldehydes is 1. The van der Waals surface area contributed by atoms with Crippen LogP contribution in [0.15, 0.2) is 95.7 Å². The molecule has 2 unspecified atom stereocenters. The first-order valence-electron chi connectivity index (χ1n) is 11.5. The average Bonchev–Trinajstić information content (AvgIpc) is 2.85. The molecule has 0 N–H and O–H groups in total. The number of hydrogen-bond donors (Lipinski definition) is 0. The third kappa shape index (κ3) is 5.43. The lowest BCUT2D eigenvalue weighted by molar-refractivity contribution is -0.111. The molecule has 3 aromatic carbocycles. The van der Waals surface area contributed by atoms with E-state index in [0.717, 1.165) is 38.4 Å². The highest BCUT2D eigenvalue weighted by molar-refractivity contribution is 7.87. The Hall–Kier alpha value is -2.44. The number of carbonyl (C=O) groups is 1. The summed E-state index contributed by atoms with van der Waals surface area (Å²) < 4.78 is 5.73. The maximum Gasteiger partial charge on any atom is 0.125 e. The van der Waals surface area contributed by atoms with Crippen molar-refractivity contribution in [3.8, 4) is 0 Å². The average molecular weight is 432 g/mol. The lowest BCUT2D eigenvalue weighted by Gasteiger charge is -2.31. The van der Waals surface area contributed by atoms with Crippen molar-refractivity contribution in [3.63, 3.8) is 0 Å². The minimum Gasteiger partial charge on any atom is -0.303 e. The molecule has 162 valence electrons. The van der Waals surface area contributed by atoms with Crippen LogP contribution in [0.4, 0.5) is 0 Å². The molecule has 0 heterocycles. The molecule has 31 heavy (non-hydrogen) atoms. The highest BCUT2D eigenvalue weighted by Gasteiger charge is 2.30. The Labute approximate surface area is 187 Å². The first-order valence-corrected chi connectivity index (χ1v) is 13.2. The van der Waals surface area contributed by atoms with Gasteiger partial charge in [-0.3, -0.25) is 4.74 Å². The summed E-state index contributed by atoms with van der Waals surface area (Å²) in [5, 5.41) is 3.74. The number of rotatable bonds is 11. The van der Waals surface area contributed by atoms with Gasteiger partial charge in [0, 0.05) is 21.8 Å². The third-order valence-corrected chi connectivity index (χ3v) is 9.64. The molecule has 0 amide bonds. The summed E-state index contributed by atoms with van der Waals surface area (Å²) in [6.07, 6.45) is 6.18. The Morgan fingerprint density at radius 3 is 1.52 bits per heavy atom. The third-order valence-electron chi connectivity index (χ3n) is 5.86. The molecule has 0 fully saturated rings. The van der Waals surface area contributed by atoms with Crippen LogP contribution < -0.4 is 15.9 Å². The summed E-state index contributed by atoms with van der Waals surface area (Å²) in [4.78, 5) is 12.1. The summed E-state index contributed by atoms with van der Waals surface area (Å²) in [6.45, 7) is 4.36. The van der Waals surface area contributed by atoms with Crippen LogP contribution in [0.25, 0.3) is 0 Å². The first-order chi connectivity index (χ1) is 15.3. The van der Waals surface area contributed by atoms with E-state index in [2.05, 4.69) is 105 Å². The van der Waals surface area contributed by atoms with Crippen LogP contribution in [0.1, 0.15) is 46.0 Å². The topological polar surface area (TPSA) is 29.4 Å². The van der Waals surface area contributed by atoms with E-state index in [9.17, 15) is 4.79 Å². The molecule has 0 saturated carbocycles. The van der Waals surface area contributed by atoms with Crippen molar-refractivity contribution in [2.24, 2.45) is 10.7 Å². The Kier molecular flexibility index (Phi) is 8.85. The van der Waals surface area contributed by atoms with Gasteiger partial charge in [0.05, 0.1) is 13.1 Å². The van der Waals surface area contributed by atoms with Crippen LogP contribution in [0.3, 0.4) is 0 Å². The van der Waals surface area contributed by atoms with Gasteiger partial charge in [-0.05, 0) is 12.8 Å². The van der Waals surface area contributed by atoms with Crippen molar-refractivity contribution in [1.82, 2.24) is 0 Å². The Bertz CT molecular complexity index is 866. The molecule has 0 saturated heterocycles. The smallest absolute Gasteiger partial charge is 0.125 e. The molecule has 0 spiro atoms. The van der Waals surface area contributed by atoms with Gasteiger partial charge >= 0.3 is 0 Å². The van der Waals surface area contributed by atoms with Crippen molar-refractivity contribution in [2.45, 2.75) is 52.0 Å². The van der Waals surface area contributed by atoms with Gasteiger partial charge in [-0.25, -0.2) is 0 Å². The van der Waals surface area contributed by atoms with E-state index in [0.29, 0.717) is 0 Å². The highest BCUT2D eigenvalue weighted by atomic mass is 31.2. The Morgan fingerprint density at radius 2 is 1.16 bits per heavy atom. The maximum absolute atomic E-state index is 12.1. The number of benzene rings is 3. The molecule has 0 radical (unpaired) electrons. The van der Waals surface area contributed by atoms with Crippen LogP contribution in [0, 0.1) is 5.92 Å². The fraction of sp³-hybridized carbons (Fsp3) is 0.321. The fourth-order valence-electron chi connectivity index (χ4n) is 4.26. The Morgan fingerprint density at radius 1 is 0.710 bits per heavy atom. The van der Waals surface area contributed by atoms with Gasteiger partial charge in [-0.15, -0.1) is 0 Å². The normalized spacial score (nSPS) is 13.4. The number of hydrogen-bond acceptors (Lipinski definition) is 2. The molecule has 0 aliphatic carbocycles. The van der Waals surface area contributed by atoms with E-state index in [1.807, 2.05) is 0 Å². The number of carbonyl (C=O) groups excluding carboxylic acids is 1. The van der Waals surface area contributed by atoms with Crippen molar-refractivity contribution in [1.29, 1.82) is 0 Å². The molecular weight excluding hydrogens is 397 g/mol. The van der Waals surface area contributed by atoms with Gasteiger partial charge in [0.15, 0.2) is 0 Å². The molecular formula is C28H34NOP. The van der Waals surface area contributed by atoms with Crippen LogP contribution in [-0.2, 0) is 4.79 Å². The molecule has 0 aromatic heterocycles. The zero-order valence-electron chi connectivity index (χ0n) is 18.7. The second-order valence-corrected chi connectivity index (χ2v) is 11.1. The van der Waals surface area contributed by atoms with E-state index in [1.54, 1.807) is 0 Å². The minimum atomic E-state index is -2.27. The summed E-state index contributed by atoms with van der Waals surface area (Å²) in [7, 11) is -2.27. The summed E-state index contributed by atoms with van der Waals surface area (Å²) in [5.41, 5.74) is 0. The maximum atomic E-state index is 12.1.